The van der Waals surface area contributed by atoms with Gasteiger partial charge in [0.1, 0.15) is 23.5 Å². The predicted molar refractivity (Wildman–Crippen MR) is 118 cm³/mol. The molecule has 0 aliphatic carbocycles. The Kier molecular flexibility index (Phi) is 5.41. The maximum atomic E-state index is 14.2. The highest BCUT2D eigenvalue weighted by atomic mass is 79.9. The number of nitrogens with zero attached hydrogens (tertiary/aromatic N) is 5. The van der Waals surface area contributed by atoms with Gasteiger partial charge in [0.2, 0.25) is 0 Å². The highest BCUT2D eigenvalue weighted by molar-refractivity contribution is 9.10. The summed E-state index contributed by atoms with van der Waals surface area (Å²) in [7, 11) is 0. The maximum absolute atomic E-state index is 14.2. The first-order valence-electron chi connectivity index (χ1n) is 8.84. The number of terminal acetylenes is 1. The van der Waals surface area contributed by atoms with E-state index in [-0.39, 0.29) is 5.82 Å². The average Bonchev–Trinajstić information content (AvgIpc) is 3.42. The zero-order valence-electron chi connectivity index (χ0n) is 15.5. The van der Waals surface area contributed by atoms with E-state index in [0.717, 1.165) is 17.0 Å². The second-order valence-corrected chi connectivity index (χ2v) is 6.90. The van der Waals surface area contributed by atoms with Gasteiger partial charge >= 0.3 is 0 Å². The van der Waals surface area contributed by atoms with Crippen LogP contribution >= 0.6 is 15.9 Å². The molecular weight excluding hydrogens is 449 g/mol. The van der Waals surface area contributed by atoms with Crippen molar-refractivity contribution in [3.05, 3.63) is 71.2 Å². The van der Waals surface area contributed by atoms with E-state index in [4.69, 9.17) is 4.98 Å². The van der Waals surface area contributed by atoms with Crippen molar-refractivity contribution in [3.8, 4) is 18.5 Å². The SMILES string of the molecule is C#C.Fc1ccc2nc(CNc3ncnc4nc[nH]c34)n(-c3ccccc3)c2c1Br. The number of hydrogen-bond donors (Lipinski definition) is 2. The van der Waals surface area contributed by atoms with E-state index in [2.05, 4.69) is 54.0 Å². The number of hydrogen-bond acceptors (Lipinski definition) is 5. The summed E-state index contributed by atoms with van der Waals surface area (Å²) < 4.78 is 16.5. The van der Waals surface area contributed by atoms with Crippen LogP contribution in [-0.4, -0.2) is 29.5 Å². The fourth-order valence-electron chi connectivity index (χ4n) is 3.19. The molecular formula is C21H15BrFN7. The lowest BCUT2D eigenvalue weighted by Gasteiger charge is -2.11. The molecule has 0 fully saturated rings. The van der Waals surface area contributed by atoms with Crippen molar-refractivity contribution in [1.82, 2.24) is 29.5 Å². The van der Waals surface area contributed by atoms with E-state index in [1.54, 1.807) is 12.4 Å². The summed E-state index contributed by atoms with van der Waals surface area (Å²) in [6.07, 6.45) is 11.0. The number of halogens is 2. The Hall–Kier alpha value is -3.77. The molecule has 0 spiro atoms. The molecule has 0 aliphatic heterocycles. The number of nitrogens with one attached hydrogen (secondary N) is 2. The van der Waals surface area contributed by atoms with Crippen LogP contribution in [0.5, 0.6) is 0 Å². The number of benzene rings is 2. The van der Waals surface area contributed by atoms with Gasteiger partial charge in [0, 0.05) is 5.69 Å². The van der Waals surface area contributed by atoms with Crippen molar-refractivity contribution in [1.29, 1.82) is 0 Å². The van der Waals surface area contributed by atoms with Gasteiger partial charge in [-0.1, -0.05) is 18.2 Å². The molecule has 0 radical (unpaired) electrons. The van der Waals surface area contributed by atoms with Crippen molar-refractivity contribution < 1.29 is 4.39 Å². The molecule has 3 heterocycles. The zero-order chi connectivity index (χ0) is 21.1. The highest BCUT2D eigenvalue weighted by Crippen LogP contribution is 2.30. The van der Waals surface area contributed by atoms with E-state index in [1.807, 2.05) is 34.9 Å². The molecule has 0 atom stereocenters. The summed E-state index contributed by atoms with van der Waals surface area (Å²) in [4.78, 5) is 20.3. The Labute approximate surface area is 179 Å². The number of imidazole rings is 2. The van der Waals surface area contributed by atoms with Crippen molar-refractivity contribution >= 4 is 43.9 Å². The molecule has 5 aromatic rings. The van der Waals surface area contributed by atoms with E-state index in [9.17, 15) is 4.39 Å². The fraction of sp³-hybridized carbons (Fsp3) is 0.0476. The molecule has 0 amide bonds. The lowest BCUT2D eigenvalue weighted by molar-refractivity contribution is 0.622. The van der Waals surface area contributed by atoms with Gasteiger partial charge in [0.05, 0.1) is 28.4 Å². The average molecular weight is 464 g/mol. The first kappa shape index (κ1) is 19.5. The molecule has 5 rings (SSSR count). The van der Waals surface area contributed by atoms with Gasteiger partial charge in [-0.05, 0) is 40.2 Å². The first-order valence-corrected chi connectivity index (χ1v) is 9.63. The Morgan fingerprint density at radius 2 is 1.87 bits per heavy atom. The van der Waals surface area contributed by atoms with E-state index >= 15 is 0 Å². The Balaban J connectivity index is 0.00000106. The summed E-state index contributed by atoms with van der Waals surface area (Å²) in [5.74, 6) is 1.01. The summed E-state index contributed by atoms with van der Waals surface area (Å²) in [6.45, 7) is 0.378. The lowest BCUT2D eigenvalue weighted by Crippen LogP contribution is -2.09. The zero-order valence-corrected chi connectivity index (χ0v) is 17.1. The van der Waals surface area contributed by atoms with Crippen LogP contribution in [-0.2, 0) is 6.54 Å². The Morgan fingerprint density at radius 1 is 1.07 bits per heavy atom. The molecule has 0 bridgehead atoms. The molecule has 0 saturated heterocycles. The topological polar surface area (TPSA) is 84.3 Å². The van der Waals surface area contributed by atoms with Gasteiger partial charge in [-0.3, -0.25) is 4.57 Å². The second-order valence-electron chi connectivity index (χ2n) is 6.11. The van der Waals surface area contributed by atoms with Crippen LogP contribution < -0.4 is 5.32 Å². The molecule has 2 N–H and O–H groups in total. The molecule has 0 unspecified atom stereocenters. The van der Waals surface area contributed by atoms with Crippen LogP contribution in [0.1, 0.15) is 5.82 Å². The van der Waals surface area contributed by atoms with E-state index < -0.39 is 0 Å². The monoisotopic (exact) mass is 463 g/mol. The number of aromatic nitrogens is 6. The van der Waals surface area contributed by atoms with Crippen molar-refractivity contribution in [2.75, 3.05) is 5.32 Å². The van der Waals surface area contributed by atoms with Crippen LogP contribution in [0.4, 0.5) is 10.2 Å². The van der Waals surface area contributed by atoms with Gasteiger partial charge < -0.3 is 10.3 Å². The van der Waals surface area contributed by atoms with Crippen molar-refractivity contribution in [2.24, 2.45) is 0 Å². The summed E-state index contributed by atoms with van der Waals surface area (Å²) in [6, 6.07) is 12.8. The minimum Gasteiger partial charge on any atom is -0.361 e. The largest absolute Gasteiger partial charge is 0.361 e. The van der Waals surface area contributed by atoms with Gasteiger partial charge in [-0.25, -0.2) is 24.3 Å². The van der Waals surface area contributed by atoms with Crippen LogP contribution in [0.2, 0.25) is 0 Å². The van der Waals surface area contributed by atoms with E-state index in [0.29, 0.717) is 33.5 Å². The number of aromatic amines is 1. The minimum atomic E-state index is -0.334. The first-order chi connectivity index (χ1) is 14.7. The molecule has 148 valence electrons. The molecule has 30 heavy (non-hydrogen) atoms. The maximum Gasteiger partial charge on any atom is 0.182 e. The smallest absolute Gasteiger partial charge is 0.182 e. The summed E-state index contributed by atoms with van der Waals surface area (Å²) in [5, 5.41) is 3.28. The predicted octanol–water partition coefficient (Wildman–Crippen LogP) is 4.45. The number of anilines is 1. The molecule has 7 nitrogen and oxygen atoms in total. The molecule has 2 aromatic carbocycles. The Morgan fingerprint density at radius 3 is 2.67 bits per heavy atom. The molecule has 9 heteroatoms. The number of para-hydroxylation sites is 1. The standard InChI is InChI=1S/C19H13BrFN7.C2H2/c20-15-12(21)6-7-13-17(15)28(11-4-2-1-3-5-11)14(27-13)8-22-18-16-19(24-9-23-16)26-10-25-18;1-2/h1-7,9-10H,8H2,(H2,22,23,24,25,26);1-2H. The number of rotatable bonds is 4. The molecule has 0 aliphatic rings. The lowest BCUT2D eigenvalue weighted by atomic mass is 10.2. The number of H-pyrrole nitrogens is 1. The van der Waals surface area contributed by atoms with Gasteiger partial charge in [-0.15, -0.1) is 12.8 Å². The molecule has 3 aromatic heterocycles. The van der Waals surface area contributed by atoms with Gasteiger partial charge in [0.25, 0.3) is 0 Å². The minimum absolute atomic E-state index is 0.334. The molecule has 0 saturated carbocycles. The van der Waals surface area contributed by atoms with Crippen molar-refractivity contribution in [3.63, 3.8) is 0 Å². The quantitative estimate of drug-likeness (QED) is 0.384. The fourth-order valence-corrected chi connectivity index (χ4v) is 3.70. The third kappa shape index (κ3) is 3.38. The van der Waals surface area contributed by atoms with Gasteiger partial charge in [0.15, 0.2) is 11.5 Å². The summed E-state index contributed by atoms with van der Waals surface area (Å²) in [5.41, 5.74) is 3.57. The third-order valence-electron chi connectivity index (χ3n) is 4.43. The van der Waals surface area contributed by atoms with Crippen molar-refractivity contribution in [2.45, 2.75) is 6.54 Å². The third-order valence-corrected chi connectivity index (χ3v) is 5.18. The van der Waals surface area contributed by atoms with Crippen LogP contribution in [0.15, 0.2) is 59.6 Å². The van der Waals surface area contributed by atoms with Crippen LogP contribution in [0.3, 0.4) is 0 Å². The highest BCUT2D eigenvalue weighted by Gasteiger charge is 2.17. The summed E-state index contributed by atoms with van der Waals surface area (Å²) >= 11 is 3.38. The normalized spacial score (nSPS) is 10.7. The van der Waals surface area contributed by atoms with E-state index in [1.165, 1.54) is 12.4 Å². The number of fused-ring (bicyclic) bond motifs is 2. The van der Waals surface area contributed by atoms with Crippen LogP contribution in [0.25, 0.3) is 27.9 Å². The van der Waals surface area contributed by atoms with Crippen LogP contribution in [0, 0.1) is 18.7 Å². The van der Waals surface area contributed by atoms with Gasteiger partial charge in [-0.2, -0.15) is 0 Å². The Bertz CT molecular complexity index is 1340. The second kappa shape index (κ2) is 8.31.